The Kier molecular flexibility index (Phi) is 4.24. The van der Waals surface area contributed by atoms with Crippen molar-refractivity contribution in [3.63, 3.8) is 0 Å². The summed E-state index contributed by atoms with van der Waals surface area (Å²) in [4.78, 5) is 1.26. The molecule has 3 nitrogen and oxygen atoms in total. The zero-order valence-corrected chi connectivity index (χ0v) is 12.6. The van der Waals surface area contributed by atoms with Crippen molar-refractivity contribution >= 4 is 11.3 Å². The first kappa shape index (κ1) is 14.1. The van der Waals surface area contributed by atoms with E-state index in [0.29, 0.717) is 0 Å². The standard InChI is InChI=1S/C15H20N2OS/c1-9-5-6-19-15(9)14(17-16)12-7-11(3)13(18-4)8-10(12)2/h5-8,14,17H,16H2,1-4H3. The summed E-state index contributed by atoms with van der Waals surface area (Å²) in [6.07, 6.45) is 0. The molecule has 2 rings (SSSR count). The zero-order valence-electron chi connectivity index (χ0n) is 11.8. The lowest BCUT2D eigenvalue weighted by Gasteiger charge is -2.20. The molecule has 0 aliphatic rings. The van der Waals surface area contributed by atoms with Crippen LogP contribution in [-0.4, -0.2) is 7.11 Å². The second-order valence-corrected chi connectivity index (χ2v) is 5.69. The van der Waals surface area contributed by atoms with Crippen LogP contribution in [-0.2, 0) is 0 Å². The van der Waals surface area contributed by atoms with Crippen LogP contribution in [0.5, 0.6) is 5.75 Å². The van der Waals surface area contributed by atoms with Gasteiger partial charge in [-0.25, -0.2) is 5.43 Å². The maximum absolute atomic E-state index is 5.78. The van der Waals surface area contributed by atoms with Crippen molar-refractivity contribution in [1.82, 2.24) is 5.43 Å². The number of methoxy groups -OCH3 is 1. The molecule has 1 aromatic heterocycles. The highest BCUT2D eigenvalue weighted by atomic mass is 32.1. The Morgan fingerprint density at radius 2 is 1.89 bits per heavy atom. The van der Waals surface area contributed by atoms with Gasteiger partial charge < -0.3 is 4.74 Å². The minimum absolute atomic E-state index is 0.0320. The van der Waals surface area contributed by atoms with E-state index in [2.05, 4.69) is 49.8 Å². The normalized spacial score (nSPS) is 12.5. The van der Waals surface area contributed by atoms with Crippen molar-refractivity contribution in [3.8, 4) is 5.75 Å². The molecule has 102 valence electrons. The van der Waals surface area contributed by atoms with Crippen molar-refractivity contribution in [2.24, 2.45) is 5.84 Å². The molecule has 0 saturated carbocycles. The molecule has 3 N–H and O–H groups in total. The van der Waals surface area contributed by atoms with E-state index in [4.69, 9.17) is 10.6 Å². The Hall–Kier alpha value is -1.36. The molecule has 0 radical (unpaired) electrons. The summed E-state index contributed by atoms with van der Waals surface area (Å²) in [7, 11) is 1.70. The average Bonchev–Trinajstić information content (AvgIpc) is 2.80. The molecule has 0 saturated heterocycles. The topological polar surface area (TPSA) is 47.3 Å². The zero-order chi connectivity index (χ0) is 14.0. The van der Waals surface area contributed by atoms with E-state index in [1.54, 1.807) is 18.4 Å². The van der Waals surface area contributed by atoms with Gasteiger partial charge in [-0.15, -0.1) is 11.3 Å². The third-order valence-corrected chi connectivity index (χ3v) is 4.51. The predicted octanol–water partition coefficient (Wildman–Crippen LogP) is 3.23. The summed E-state index contributed by atoms with van der Waals surface area (Å²) in [6, 6.07) is 6.37. The first-order valence-corrected chi connectivity index (χ1v) is 7.11. The number of nitrogens with two attached hydrogens (primary N) is 1. The SMILES string of the molecule is COc1cc(C)c(C(NN)c2sccc2C)cc1C. The average molecular weight is 276 g/mol. The molecular formula is C15H20N2OS. The van der Waals surface area contributed by atoms with Crippen molar-refractivity contribution < 1.29 is 4.74 Å². The van der Waals surface area contributed by atoms with Gasteiger partial charge in [0.25, 0.3) is 0 Å². The van der Waals surface area contributed by atoms with Gasteiger partial charge in [0, 0.05) is 4.88 Å². The van der Waals surface area contributed by atoms with Crippen LogP contribution in [0.2, 0.25) is 0 Å². The van der Waals surface area contributed by atoms with Gasteiger partial charge in [0.2, 0.25) is 0 Å². The van der Waals surface area contributed by atoms with Gasteiger partial charge in [0.05, 0.1) is 13.2 Å². The summed E-state index contributed by atoms with van der Waals surface area (Å²) >= 11 is 1.73. The highest BCUT2D eigenvalue weighted by Crippen LogP contribution is 2.33. The number of hydrogen-bond donors (Lipinski definition) is 2. The minimum atomic E-state index is 0.0320. The fourth-order valence-electron chi connectivity index (χ4n) is 2.33. The van der Waals surface area contributed by atoms with E-state index >= 15 is 0 Å². The number of rotatable bonds is 4. The lowest BCUT2D eigenvalue weighted by Crippen LogP contribution is -2.29. The number of hydrogen-bond acceptors (Lipinski definition) is 4. The Bertz CT molecular complexity index is 578. The Labute approximate surface area is 118 Å². The third kappa shape index (κ3) is 2.66. The maximum Gasteiger partial charge on any atom is 0.122 e. The van der Waals surface area contributed by atoms with Crippen LogP contribution in [0.3, 0.4) is 0 Å². The summed E-state index contributed by atoms with van der Waals surface area (Å²) in [5.74, 6) is 6.70. The van der Waals surface area contributed by atoms with Gasteiger partial charge in [-0.05, 0) is 60.5 Å². The van der Waals surface area contributed by atoms with Gasteiger partial charge in [0.1, 0.15) is 5.75 Å². The highest BCUT2D eigenvalue weighted by Gasteiger charge is 2.19. The second-order valence-electron chi connectivity index (χ2n) is 4.75. The smallest absolute Gasteiger partial charge is 0.122 e. The van der Waals surface area contributed by atoms with E-state index in [1.165, 1.54) is 21.6 Å². The van der Waals surface area contributed by atoms with Crippen molar-refractivity contribution in [2.45, 2.75) is 26.8 Å². The molecule has 0 fully saturated rings. The molecule has 2 aromatic rings. The summed E-state index contributed by atoms with van der Waals surface area (Å²) in [5, 5.41) is 2.10. The molecule has 0 aliphatic carbocycles. The lowest BCUT2D eigenvalue weighted by atomic mass is 9.96. The van der Waals surface area contributed by atoms with Crippen molar-refractivity contribution in [3.05, 3.63) is 50.7 Å². The highest BCUT2D eigenvalue weighted by molar-refractivity contribution is 7.10. The summed E-state index contributed by atoms with van der Waals surface area (Å²) in [5.41, 5.74) is 7.70. The number of benzene rings is 1. The van der Waals surface area contributed by atoms with E-state index < -0.39 is 0 Å². The first-order valence-electron chi connectivity index (χ1n) is 6.23. The summed E-state index contributed by atoms with van der Waals surface area (Å²) in [6.45, 7) is 6.25. The van der Waals surface area contributed by atoms with Crippen LogP contribution in [0.4, 0.5) is 0 Å². The van der Waals surface area contributed by atoms with E-state index in [-0.39, 0.29) is 6.04 Å². The number of hydrazine groups is 1. The van der Waals surface area contributed by atoms with Crippen LogP contribution < -0.4 is 16.0 Å². The third-order valence-electron chi connectivity index (χ3n) is 3.43. The molecular weight excluding hydrogens is 256 g/mol. The largest absolute Gasteiger partial charge is 0.496 e. The van der Waals surface area contributed by atoms with Gasteiger partial charge in [-0.1, -0.05) is 6.07 Å². The van der Waals surface area contributed by atoms with Gasteiger partial charge >= 0.3 is 0 Å². The van der Waals surface area contributed by atoms with Gasteiger partial charge in [-0.3, -0.25) is 5.84 Å². The van der Waals surface area contributed by atoms with Gasteiger partial charge in [-0.2, -0.15) is 0 Å². The molecule has 0 amide bonds. The quantitative estimate of drug-likeness (QED) is 0.666. The number of ether oxygens (including phenoxy) is 1. The van der Waals surface area contributed by atoms with E-state index in [9.17, 15) is 0 Å². The molecule has 1 heterocycles. The van der Waals surface area contributed by atoms with Crippen LogP contribution in [0.15, 0.2) is 23.6 Å². The minimum Gasteiger partial charge on any atom is -0.496 e. The molecule has 0 aliphatic heterocycles. The molecule has 0 bridgehead atoms. The molecule has 0 spiro atoms. The fourth-order valence-corrected chi connectivity index (χ4v) is 3.33. The molecule has 1 atom stereocenters. The van der Waals surface area contributed by atoms with Crippen molar-refractivity contribution in [2.75, 3.05) is 7.11 Å². The van der Waals surface area contributed by atoms with Crippen LogP contribution >= 0.6 is 11.3 Å². The summed E-state index contributed by atoms with van der Waals surface area (Å²) < 4.78 is 5.36. The number of nitrogens with one attached hydrogen (secondary N) is 1. The molecule has 19 heavy (non-hydrogen) atoms. The lowest BCUT2D eigenvalue weighted by molar-refractivity contribution is 0.411. The van der Waals surface area contributed by atoms with E-state index in [0.717, 1.165) is 11.3 Å². The Morgan fingerprint density at radius 1 is 1.16 bits per heavy atom. The molecule has 1 aromatic carbocycles. The Balaban J connectivity index is 2.50. The van der Waals surface area contributed by atoms with Crippen LogP contribution in [0, 0.1) is 20.8 Å². The number of thiophene rings is 1. The Morgan fingerprint density at radius 3 is 2.42 bits per heavy atom. The first-order chi connectivity index (χ1) is 9.08. The van der Waals surface area contributed by atoms with E-state index in [1.807, 2.05) is 0 Å². The van der Waals surface area contributed by atoms with Gasteiger partial charge in [0.15, 0.2) is 0 Å². The molecule has 4 heteroatoms. The molecule has 1 unspecified atom stereocenters. The van der Waals surface area contributed by atoms with Crippen LogP contribution in [0.25, 0.3) is 0 Å². The maximum atomic E-state index is 5.78. The monoisotopic (exact) mass is 276 g/mol. The van der Waals surface area contributed by atoms with Crippen molar-refractivity contribution in [1.29, 1.82) is 0 Å². The number of aryl methyl sites for hydroxylation is 3. The van der Waals surface area contributed by atoms with Crippen LogP contribution in [0.1, 0.15) is 33.2 Å². The fraction of sp³-hybridized carbons (Fsp3) is 0.333. The predicted molar refractivity (Wildman–Crippen MR) is 80.7 cm³/mol. The second kappa shape index (κ2) is 5.74.